The zero-order chi connectivity index (χ0) is 15.2. The molecule has 1 atom stereocenters. The Morgan fingerprint density at radius 3 is 2.86 bits per heavy atom. The number of Topliss-reactive ketones (excluding diaryl/α,β-unsaturated/α-hetero) is 1. The summed E-state index contributed by atoms with van der Waals surface area (Å²) in [6.45, 7) is 4.24. The number of hydrogen-bond acceptors (Lipinski definition) is 8. The van der Waals surface area contributed by atoms with Gasteiger partial charge in [-0.3, -0.25) is 4.79 Å². The van der Waals surface area contributed by atoms with Gasteiger partial charge in [0.05, 0.1) is 6.61 Å². The highest BCUT2D eigenvalue weighted by Crippen LogP contribution is 2.27. The fourth-order valence-corrected chi connectivity index (χ4v) is 5.29. The molecule has 1 aromatic heterocycles. The molecule has 0 amide bonds. The van der Waals surface area contributed by atoms with Gasteiger partial charge in [0.25, 0.3) is 0 Å². The largest absolute Gasteiger partial charge is 0.461 e. The molecule has 1 fully saturated rings. The summed E-state index contributed by atoms with van der Waals surface area (Å²) in [6.07, 6.45) is 0. The van der Waals surface area contributed by atoms with Crippen LogP contribution in [0.25, 0.3) is 0 Å². The molecule has 0 saturated carbocycles. The van der Waals surface area contributed by atoms with E-state index in [0.717, 1.165) is 12.3 Å². The van der Waals surface area contributed by atoms with Crippen LogP contribution in [0.5, 0.6) is 0 Å². The first-order valence-electron chi connectivity index (χ1n) is 6.74. The Balaban J connectivity index is 2.04. The molecular weight excluding hydrogens is 328 g/mol. The monoisotopic (exact) mass is 346 g/mol. The van der Waals surface area contributed by atoms with Gasteiger partial charge in [0.15, 0.2) is 16.6 Å². The van der Waals surface area contributed by atoms with Crippen LogP contribution in [0.2, 0.25) is 0 Å². The summed E-state index contributed by atoms with van der Waals surface area (Å²) in [5, 5.41) is 4.39. The molecule has 0 aliphatic carbocycles. The molecule has 0 bridgehead atoms. The summed E-state index contributed by atoms with van der Waals surface area (Å²) < 4.78 is 4.94. The number of esters is 1. The van der Waals surface area contributed by atoms with Crippen LogP contribution in [0.1, 0.15) is 34.0 Å². The van der Waals surface area contributed by atoms with Crippen LogP contribution < -0.4 is 5.32 Å². The van der Waals surface area contributed by atoms with E-state index in [0.29, 0.717) is 15.3 Å². The number of ether oxygens (including phenoxy) is 1. The lowest BCUT2D eigenvalue weighted by Crippen LogP contribution is -2.23. The van der Waals surface area contributed by atoms with Gasteiger partial charge >= 0.3 is 5.97 Å². The third kappa shape index (κ3) is 4.62. The number of nitrogens with one attached hydrogen (secondary N) is 1. The maximum absolute atomic E-state index is 11.8. The van der Waals surface area contributed by atoms with Crippen molar-refractivity contribution in [2.24, 2.45) is 0 Å². The maximum atomic E-state index is 11.8. The number of carbonyl (C=O) groups excluding carboxylic acids is 2. The Bertz CT molecular complexity index is 513. The number of carbonyl (C=O) groups is 2. The van der Waals surface area contributed by atoms with E-state index >= 15 is 0 Å². The van der Waals surface area contributed by atoms with E-state index in [9.17, 15) is 9.59 Å². The van der Waals surface area contributed by atoms with Crippen molar-refractivity contribution in [1.82, 2.24) is 4.98 Å². The Morgan fingerprint density at radius 2 is 2.24 bits per heavy atom. The highest BCUT2D eigenvalue weighted by atomic mass is 32.2. The van der Waals surface area contributed by atoms with Crippen molar-refractivity contribution in [3.8, 4) is 0 Å². The van der Waals surface area contributed by atoms with Crippen molar-refractivity contribution in [2.75, 3.05) is 35.7 Å². The first-order chi connectivity index (χ1) is 10.1. The Morgan fingerprint density at radius 1 is 1.43 bits per heavy atom. The lowest BCUT2D eigenvalue weighted by Gasteiger charge is -2.20. The summed E-state index contributed by atoms with van der Waals surface area (Å²) in [5.41, 5.74) is 0.127. The maximum Gasteiger partial charge on any atom is 0.358 e. The average Bonchev–Trinajstić information content (AvgIpc) is 2.91. The molecule has 1 unspecified atom stereocenters. The molecule has 5 nitrogen and oxygen atoms in total. The fourth-order valence-electron chi connectivity index (χ4n) is 1.83. The second-order valence-electron chi connectivity index (χ2n) is 4.42. The van der Waals surface area contributed by atoms with E-state index in [4.69, 9.17) is 4.74 Å². The molecule has 2 heterocycles. The van der Waals surface area contributed by atoms with E-state index in [1.54, 1.807) is 6.92 Å². The first kappa shape index (κ1) is 16.6. The second-order valence-corrected chi connectivity index (χ2v) is 7.98. The predicted molar refractivity (Wildman–Crippen MR) is 90.1 cm³/mol. The van der Waals surface area contributed by atoms with Crippen LogP contribution >= 0.6 is 34.9 Å². The highest BCUT2D eigenvalue weighted by Gasteiger charge is 2.23. The smallest absolute Gasteiger partial charge is 0.358 e. The molecule has 1 saturated heterocycles. The zero-order valence-corrected chi connectivity index (χ0v) is 14.5. The van der Waals surface area contributed by atoms with Crippen molar-refractivity contribution in [2.45, 2.75) is 19.1 Å². The molecule has 8 heteroatoms. The average molecular weight is 346 g/mol. The molecule has 0 spiro atoms. The van der Waals surface area contributed by atoms with Gasteiger partial charge in [0.1, 0.15) is 4.88 Å². The van der Waals surface area contributed by atoms with Crippen LogP contribution in [0.4, 0.5) is 5.13 Å². The number of anilines is 1. The molecule has 1 N–H and O–H groups in total. The van der Waals surface area contributed by atoms with Crippen molar-refractivity contribution in [3.05, 3.63) is 10.6 Å². The molecule has 21 heavy (non-hydrogen) atoms. The Labute approximate surface area is 136 Å². The first-order valence-corrected chi connectivity index (χ1v) is 9.76. The van der Waals surface area contributed by atoms with Gasteiger partial charge in [-0.2, -0.15) is 23.5 Å². The van der Waals surface area contributed by atoms with Crippen molar-refractivity contribution < 1.29 is 14.3 Å². The van der Waals surface area contributed by atoms with Gasteiger partial charge in [-0.05, 0) is 6.92 Å². The lowest BCUT2D eigenvalue weighted by atomic mass is 10.3. The molecule has 1 aliphatic rings. The molecule has 0 radical (unpaired) electrons. The van der Waals surface area contributed by atoms with Gasteiger partial charge in [0.2, 0.25) is 0 Å². The van der Waals surface area contributed by atoms with Gasteiger partial charge in [-0.15, -0.1) is 0 Å². The third-order valence-corrected chi connectivity index (χ3v) is 6.74. The zero-order valence-electron chi connectivity index (χ0n) is 12.0. The topological polar surface area (TPSA) is 68.3 Å². The summed E-state index contributed by atoms with van der Waals surface area (Å²) >= 11 is 5.13. The third-order valence-electron chi connectivity index (χ3n) is 2.78. The van der Waals surface area contributed by atoms with Gasteiger partial charge < -0.3 is 10.1 Å². The number of aromatic nitrogens is 1. The van der Waals surface area contributed by atoms with E-state index in [2.05, 4.69) is 10.3 Å². The Hall–Kier alpha value is -0.730. The van der Waals surface area contributed by atoms with Gasteiger partial charge in [-0.1, -0.05) is 11.3 Å². The minimum Gasteiger partial charge on any atom is -0.461 e. The summed E-state index contributed by atoms with van der Waals surface area (Å²) in [6, 6.07) is 0. The molecule has 2 rings (SSSR count). The summed E-state index contributed by atoms with van der Waals surface area (Å²) in [7, 11) is 0. The fraction of sp³-hybridized carbons (Fsp3) is 0.615. The minimum absolute atomic E-state index is 0.127. The summed E-state index contributed by atoms with van der Waals surface area (Å²) in [5.74, 6) is 2.80. The predicted octanol–water partition coefficient (Wildman–Crippen LogP) is 2.78. The number of rotatable bonds is 6. The molecule has 1 aromatic rings. The van der Waals surface area contributed by atoms with E-state index in [-0.39, 0.29) is 18.1 Å². The Kier molecular flexibility index (Phi) is 6.38. The van der Waals surface area contributed by atoms with Crippen LogP contribution in [0.15, 0.2) is 0 Å². The quantitative estimate of drug-likeness (QED) is 0.627. The second kappa shape index (κ2) is 8.05. The van der Waals surface area contributed by atoms with Crippen LogP contribution in [-0.2, 0) is 4.74 Å². The number of thioether (sulfide) groups is 2. The number of nitrogens with zero attached hydrogens (tertiary/aromatic N) is 1. The van der Waals surface area contributed by atoms with E-state index < -0.39 is 5.97 Å². The molecule has 0 aromatic carbocycles. The SMILES string of the molecule is CCOC(=O)c1nc(NCC2CSCCS2)sc1C(C)=O. The molecule has 116 valence electrons. The minimum atomic E-state index is -0.533. The van der Waals surface area contributed by atoms with Crippen molar-refractivity contribution in [1.29, 1.82) is 0 Å². The normalized spacial score (nSPS) is 18.3. The van der Waals surface area contributed by atoms with Gasteiger partial charge in [0, 0.05) is 36.0 Å². The van der Waals surface area contributed by atoms with E-state index in [1.807, 2.05) is 23.5 Å². The van der Waals surface area contributed by atoms with Gasteiger partial charge in [-0.25, -0.2) is 9.78 Å². The van der Waals surface area contributed by atoms with Crippen LogP contribution in [0, 0.1) is 0 Å². The van der Waals surface area contributed by atoms with Crippen LogP contribution in [-0.4, -0.2) is 52.4 Å². The summed E-state index contributed by atoms with van der Waals surface area (Å²) in [4.78, 5) is 28.0. The van der Waals surface area contributed by atoms with Crippen molar-refractivity contribution in [3.63, 3.8) is 0 Å². The standard InChI is InChI=1S/C13H18N2O3S3/c1-3-18-12(17)10-11(8(2)16)21-13(15-10)14-6-9-7-19-4-5-20-9/h9H,3-7H2,1-2H3,(H,14,15). The lowest BCUT2D eigenvalue weighted by molar-refractivity contribution is 0.0517. The van der Waals surface area contributed by atoms with E-state index in [1.165, 1.54) is 29.8 Å². The molecular formula is C13H18N2O3S3. The van der Waals surface area contributed by atoms with Crippen molar-refractivity contribution >= 4 is 51.7 Å². The molecule has 1 aliphatic heterocycles. The number of hydrogen-bond donors (Lipinski definition) is 1. The highest BCUT2D eigenvalue weighted by molar-refractivity contribution is 8.06. The number of ketones is 1. The number of thiazole rings is 1. The van der Waals surface area contributed by atoms with Crippen LogP contribution in [0.3, 0.4) is 0 Å².